The molecule has 0 saturated carbocycles. The summed E-state index contributed by atoms with van der Waals surface area (Å²) in [6, 6.07) is 5.63. The highest BCUT2D eigenvalue weighted by Crippen LogP contribution is 2.19. The normalized spacial score (nSPS) is 10.3. The fourth-order valence-corrected chi connectivity index (χ4v) is 1.84. The molecule has 1 aromatic rings. The topological polar surface area (TPSA) is 38.3 Å². The number of hydrogen-bond acceptors (Lipinski definition) is 2. The molecule has 1 amide bonds. The molecule has 0 aromatic heterocycles. The monoisotopic (exact) mass is 299 g/mol. The van der Waals surface area contributed by atoms with Crippen molar-refractivity contribution in [3.63, 3.8) is 0 Å². The van der Waals surface area contributed by atoms with E-state index in [9.17, 15) is 4.79 Å². The van der Waals surface area contributed by atoms with Gasteiger partial charge < -0.3 is 10.1 Å². The first kappa shape index (κ1) is 14.2. The summed E-state index contributed by atoms with van der Waals surface area (Å²) in [5, 5.41) is 2.89. The SMILES string of the molecule is CCOCCCNC(=O)c1cccc(Br)c1C. The summed E-state index contributed by atoms with van der Waals surface area (Å²) in [6.07, 6.45) is 0.840. The Kier molecular flexibility index (Phi) is 6.22. The van der Waals surface area contributed by atoms with E-state index >= 15 is 0 Å². The highest BCUT2D eigenvalue weighted by Gasteiger charge is 2.09. The van der Waals surface area contributed by atoms with Crippen molar-refractivity contribution in [3.8, 4) is 0 Å². The Bertz CT molecular complexity index is 380. The van der Waals surface area contributed by atoms with Crippen LogP contribution in [0.3, 0.4) is 0 Å². The van der Waals surface area contributed by atoms with Gasteiger partial charge in [-0.2, -0.15) is 0 Å². The third-order valence-electron chi connectivity index (χ3n) is 2.47. The molecule has 0 aliphatic rings. The van der Waals surface area contributed by atoms with Crippen LogP contribution in [-0.4, -0.2) is 25.7 Å². The maximum absolute atomic E-state index is 11.9. The molecule has 0 aliphatic carbocycles. The first-order valence-corrected chi connectivity index (χ1v) is 6.57. The van der Waals surface area contributed by atoms with E-state index in [-0.39, 0.29) is 5.91 Å². The number of carbonyl (C=O) groups is 1. The average molecular weight is 300 g/mol. The van der Waals surface area contributed by atoms with Crippen LogP contribution >= 0.6 is 15.9 Å². The number of nitrogens with one attached hydrogen (secondary N) is 1. The molecule has 0 aliphatic heterocycles. The van der Waals surface area contributed by atoms with E-state index in [1.165, 1.54) is 0 Å². The van der Waals surface area contributed by atoms with Gasteiger partial charge in [0.25, 0.3) is 5.91 Å². The first-order valence-electron chi connectivity index (χ1n) is 5.78. The molecular formula is C13H18BrNO2. The predicted molar refractivity (Wildman–Crippen MR) is 72.3 cm³/mol. The molecule has 0 saturated heterocycles. The van der Waals surface area contributed by atoms with Gasteiger partial charge in [0.2, 0.25) is 0 Å². The summed E-state index contributed by atoms with van der Waals surface area (Å²) < 4.78 is 6.16. The Hall–Kier alpha value is -0.870. The molecule has 17 heavy (non-hydrogen) atoms. The Morgan fingerprint density at radius 3 is 2.94 bits per heavy atom. The second kappa shape index (κ2) is 7.45. The van der Waals surface area contributed by atoms with Gasteiger partial charge in [0.1, 0.15) is 0 Å². The summed E-state index contributed by atoms with van der Waals surface area (Å²) in [4.78, 5) is 11.9. The van der Waals surface area contributed by atoms with Crippen molar-refractivity contribution in [2.75, 3.05) is 19.8 Å². The second-order valence-corrected chi connectivity index (χ2v) is 4.57. The number of benzene rings is 1. The zero-order valence-electron chi connectivity index (χ0n) is 10.3. The van der Waals surface area contributed by atoms with E-state index < -0.39 is 0 Å². The number of halogens is 1. The molecule has 0 bridgehead atoms. The van der Waals surface area contributed by atoms with Crippen molar-refractivity contribution >= 4 is 21.8 Å². The second-order valence-electron chi connectivity index (χ2n) is 3.72. The van der Waals surface area contributed by atoms with Gasteiger partial charge in [-0.05, 0) is 38.0 Å². The van der Waals surface area contributed by atoms with Crippen LogP contribution in [-0.2, 0) is 4.74 Å². The molecule has 1 N–H and O–H groups in total. The molecule has 0 unspecified atom stereocenters. The third kappa shape index (κ3) is 4.48. The van der Waals surface area contributed by atoms with E-state index in [2.05, 4.69) is 21.2 Å². The van der Waals surface area contributed by atoms with Crippen molar-refractivity contribution in [1.82, 2.24) is 5.32 Å². The highest BCUT2D eigenvalue weighted by molar-refractivity contribution is 9.10. The zero-order valence-corrected chi connectivity index (χ0v) is 11.8. The first-order chi connectivity index (χ1) is 8.16. The molecule has 3 nitrogen and oxygen atoms in total. The Balaban J connectivity index is 2.44. The molecule has 4 heteroatoms. The van der Waals surface area contributed by atoms with E-state index in [0.717, 1.165) is 28.6 Å². The summed E-state index contributed by atoms with van der Waals surface area (Å²) in [5.41, 5.74) is 1.69. The highest BCUT2D eigenvalue weighted by atomic mass is 79.9. The number of carbonyl (C=O) groups excluding carboxylic acids is 1. The van der Waals surface area contributed by atoms with E-state index in [0.29, 0.717) is 13.2 Å². The lowest BCUT2D eigenvalue weighted by atomic mass is 10.1. The minimum Gasteiger partial charge on any atom is -0.382 e. The molecular weight excluding hydrogens is 282 g/mol. The number of ether oxygens (including phenoxy) is 1. The molecule has 0 fully saturated rings. The predicted octanol–water partition coefficient (Wildman–Crippen LogP) is 2.91. The van der Waals surface area contributed by atoms with Gasteiger partial charge in [0.05, 0.1) is 0 Å². The van der Waals surface area contributed by atoms with Crippen LogP contribution in [0.5, 0.6) is 0 Å². The van der Waals surface area contributed by atoms with Gasteiger partial charge in [-0.25, -0.2) is 0 Å². The summed E-state index contributed by atoms with van der Waals surface area (Å²) in [6.45, 7) is 5.94. The van der Waals surface area contributed by atoms with Crippen molar-refractivity contribution < 1.29 is 9.53 Å². The number of amides is 1. The van der Waals surface area contributed by atoms with Gasteiger partial charge in [-0.15, -0.1) is 0 Å². The van der Waals surface area contributed by atoms with Crippen LogP contribution in [0.15, 0.2) is 22.7 Å². The van der Waals surface area contributed by atoms with Crippen LogP contribution in [0.2, 0.25) is 0 Å². The zero-order chi connectivity index (χ0) is 12.7. The van der Waals surface area contributed by atoms with Crippen LogP contribution in [0.25, 0.3) is 0 Å². The lowest BCUT2D eigenvalue weighted by Crippen LogP contribution is -2.26. The summed E-state index contributed by atoms with van der Waals surface area (Å²) in [5.74, 6) is -0.0275. The lowest BCUT2D eigenvalue weighted by molar-refractivity contribution is 0.0943. The molecule has 0 heterocycles. The maximum Gasteiger partial charge on any atom is 0.251 e. The van der Waals surface area contributed by atoms with E-state index in [1.807, 2.05) is 32.0 Å². The van der Waals surface area contributed by atoms with Crippen LogP contribution < -0.4 is 5.32 Å². The molecule has 0 atom stereocenters. The molecule has 0 spiro atoms. The van der Waals surface area contributed by atoms with Crippen LogP contribution in [0.4, 0.5) is 0 Å². The fourth-order valence-electron chi connectivity index (χ4n) is 1.47. The molecule has 94 valence electrons. The van der Waals surface area contributed by atoms with Crippen LogP contribution in [0.1, 0.15) is 29.3 Å². The van der Waals surface area contributed by atoms with E-state index in [1.54, 1.807) is 0 Å². The van der Waals surface area contributed by atoms with Gasteiger partial charge >= 0.3 is 0 Å². The minimum atomic E-state index is -0.0275. The summed E-state index contributed by atoms with van der Waals surface area (Å²) >= 11 is 3.42. The molecule has 0 radical (unpaired) electrons. The number of rotatable bonds is 6. The average Bonchev–Trinajstić information content (AvgIpc) is 2.32. The number of hydrogen-bond donors (Lipinski definition) is 1. The van der Waals surface area contributed by atoms with Gasteiger partial charge in [0, 0.05) is 29.8 Å². The Morgan fingerprint density at radius 2 is 2.24 bits per heavy atom. The van der Waals surface area contributed by atoms with Crippen molar-refractivity contribution in [2.24, 2.45) is 0 Å². The smallest absolute Gasteiger partial charge is 0.251 e. The van der Waals surface area contributed by atoms with Gasteiger partial charge in [-0.3, -0.25) is 4.79 Å². The van der Waals surface area contributed by atoms with Crippen LogP contribution in [0, 0.1) is 6.92 Å². The van der Waals surface area contributed by atoms with Gasteiger partial charge in [-0.1, -0.05) is 22.0 Å². The van der Waals surface area contributed by atoms with E-state index in [4.69, 9.17) is 4.74 Å². The quantitative estimate of drug-likeness (QED) is 0.820. The van der Waals surface area contributed by atoms with Gasteiger partial charge in [0.15, 0.2) is 0 Å². The standard InChI is InChI=1S/C13H18BrNO2/c1-3-17-9-5-8-15-13(16)11-6-4-7-12(14)10(11)2/h4,6-7H,3,5,8-9H2,1-2H3,(H,15,16). The lowest BCUT2D eigenvalue weighted by Gasteiger charge is -2.08. The Morgan fingerprint density at radius 1 is 1.47 bits per heavy atom. The van der Waals surface area contributed by atoms with Crippen molar-refractivity contribution in [1.29, 1.82) is 0 Å². The van der Waals surface area contributed by atoms with Crippen molar-refractivity contribution in [2.45, 2.75) is 20.3 Å². The molecule has 1 aromatic carbocycles. The molecule has 1 rings (SSSR count). The fraction of sp³-hybridized carbons (Fsp3) is 0.462. The summed E-state index contributed by atoms with van der Waals surface area (Å²) in [7, 11) is 0. The third-order valence-corrected chi connectivity index (χ3v) is 3.33. The Labute approximate surface area is 111 Å². The minimum absolute atomic E-state index is 0.0275. The van der Waals surface area contributed by atoms with Crippen molar-refractivity contribution in [3.05, 3.63) is 33.8 Å². The largest absolute Gasteiger partial charge is 0.382 e. The maximum atomic E-state index is 11.9.